The summed E-state index contributed by atoms with van der Waals surface area (Å²) in [6, 6.07) is 6.91. The van der Waals surface area contributed by atoms with Crippen LogP contribution < -0.4 is 5.32 Å². The Morgan fingerprint density at radius 1 is 1.09 bits per heavy atom. The van der Waals surface area contributed by atoms with Crippen LogP contribution in [0.15, 0.2) is 24.3 Å². The summed E-state index contributed by atoms with van der Waals surface area (Å²) in [7, 11) is 0. The third-order valence-corrected chi connectivity index (χ3v) is 3.14. The van der Waals surface area contributed by atoms with Crippen LogP contribution in [-0.2, 0) is 9.53 Å². The fourth-order valence-electron chi connectivity index (χ4n) is 2.27. The first kappa shape index (κ1) is 21.4. The molecule has 0 heterocycles. The van der Waals surface area contributed by atoms with E-state index in [1.807, 2.05) is 0 Å². The Morgan fingerprint density at radius 3 is 2.26 bits per heavy atom. The molecule has 0 saturated carbocycles. The first-order valence-corrected chi connectivity index (χ1v) is 7.90. The molecule has 0 radical (unpaired) electrons. The zero-order chi connectivity index (χ0) is 16.4. The van der Waals surface area contributed by atoms with E-state index in [0.717, 1.165) is 25.9 Å². The molecule has 1 amide bonds. The number of hydrogen-bond donors (Lipinski definition) is 1. The summed E-state index contributed by atoms with van der Waals surface area (Å²) in [6.07, 6.45) is 2.01. The van der Waals surface area contributed by atoms with Gasteiger partial charge in [0.25, 0.3) is 0 Å². The lowest BCUT2D eigenvalue weighted by molar-refractivity contribution is -0.117. The van der Waals surface area contributed by atoms with E-state index < -0.39 is 5.97 Å². The highest BCUT2D eigenvalue weighted by Gasteiger charge is 2.15. The number of nitrogens with one attached hydrogen (secondary N) is 1. The first-order chi connectivity index (χ1) is 10.6. The highest BCUT2D eigenvalue weighted by Crippen LogP contribution is 2.16. The second-order valence-corrected chi connectivity index (χ2v) is 5.09. The number of halogens is 1. The number of rotatable bonds is 9. The minimum atomic E-state index is -0.419. The lowest BCUT2D eigenvalue weighted by Gasteiger charge is -2.20. The van der Waals surface area contributed by atoms with Gasteiger partial charge in [-0.15, -0.1) is 12.4 Å². The number of para-hydroxylation sites is 1. The van der Waals surface area contributed by atoms with E-state index in [9.17, 15) is 9.59 Å². The summed E-state index contributed by atoms with van der Waals surface area (Å²) in [5.41, 5.74) is 0.883. The Bertz CT molecular complexity index is 488. The Hall–Kier alpha value is -1.59. The molecule has 0 aliphatic carbocycles. The quantitative estimate of drug-likeness (QED) is 0.699. The molecule has 5 nitrogen and oxygen atoms in total. The molecule has 1 aromatic carbocycles. The maximum atomic E-state index is 12.2. The highest BCUT2D eigenvalue weighted by molar-refractivity contribution is 6.01. The third-order valence-electron chi connectivity index (χ3n) is 3.14. The van der Waals surface area contributed by atoms with Crippen LogP contribution >= 0.6 is 12.4 Å². The lowest BCUT2D eigenvalue weighted by Crippen LogP contribution is -2.34. The van der Waals surface area contributed by atoms with Crippen molar-refractivity contribution >= 4 is 30.0 Å². The van der Waals surface area contributed by atoms with Crippen LogP contribution in [0.25, 0.3) is 0 Å². The fraction of sp³-hybridized carbons (Fsp3) is 0.529. The number of benzene rings is 1. The van der Waals surface area contributed by atoms with E-state index >= 15 is 0 Å². The van der Waals surface area contributed by atoms with E-state index in [1.54, 1.807) is 31.2 Å². The van der Waals surface area contributed by atoms with Gasteiger partial charge in [-0.1, -0.05) is 26.0 Å². The van der Waals surface area contributed by atoms with E-state index in [4.69, 9.17) is 4.74 Å². The molecule has 0 fully saturated rings. The van der Waals surface area contributed by atoms with Gasteiger partial charge < -0.3 is 10.1 Å². The summed E-state index contributed by atoms with van der Waals surface area (Å²) in [5.74, 6) is -0.531. The van der Waals surface area contributed by atoms with Gasteiger partial charge in [0, 0.05) is 0 Å². The minimum absolute atomic E-state index is 0. The standard InChI is InChI=1S/C17H26N2O3.ClH/c1-4-11-19(12-5-2)13-16(20)18-15-10-8-7-9-14(15)17(21)22-6-3;/h7-10H,4-6,11-13H2,1-3H3,(H,18,20);1H. The maximum Gasteiger partial charge on any atom is 0.340 e. The fourth-order valence-corrected chi connectivity index (χ4v) is 2.27. The molecular formula is C17H27ClN2O3. The SMILES string of the molecule is CCCN(CCC)CC(=O)Nc1ccccc1C(=O)OCC.Cl. The molecule has 0 unspecified atom stereocenters. The minimum Gasteiger partial charge on any atom is -0.462 e. The monoisotopic (exact) mass is 342 g/mol. The molecule has 0 saturated heterocycles. The van der Waals surface area contributed by atoms with Crippen LogP contribution in [0.3, 0.4) is 0 Å². The van der Waals surface area contributed by atoms with Crippen molar-refractivity contribution in [2.45, 2.75) is 33.6 Å². The predicted molar refractivity (Wildman–Crippen MR) is 95.3 cm³/mol. The van der Waals surface area contributed by atoms with Crippen LogP contribution in [-0.4, -0.2) is 43.0 Å². The summed E-state index contributed by atoms with van der Waals surface area (Å²) in [6.45, 7) is 8.36. The van der Waals surface area contributed by atoms with E-state index in [1.165, 1.54) is 0 Å². The molecule has 1 aromatic rings. The van der Waals surface area contributed by atoms with Gasteiger partial charge in [-0.25, -0.2) is 4.79 Å². The smallest absolute Gasteiger partial charge is 0.340 e. The van der Waals surface area contributed by atoms with Crippen molar-refractivity contribution in [3.63, 3.8) is 0 Å². The zero-order valence-corrected chi connectivity index (χ0v) is 14.9. The summed E-state index contributed by atoms with van der Waals surface area (Å²) in [5, 5.41) is 2.82. The average molecular weight is 343 g/mol. The second-order valence-electron chi connectivity index (χ2n) is 5.09. The lowest BCUT2D eigenvalue weighted by atomic mass is 10.2. The number of hydrogen-bond acceptors (Lipinski definition) is 4. The van der Waals surface area contributed by atoms with Gasteiger partial charge in [0.05, 0.1) is 24.4 Å². The molecule has 0 bridgehead atoms. The molecule has 130 valence electrons. The van der Waals surface area contributed by atoms with Crippen molar-refractivity contribution in [1.29, 1.82) is 0 Å². The normalized spacial score (nSPS) is 10.1. The van der Waals surface area contributed by atoms with E-state index in [-0.39, 0.29) is 18.3 Å². The van der Waals surface area contributed by atoms with Gasteiger partial charge in [-0.05, 0) is 45.0 Å². The number of nitrogens with zero attached hydrogens (tertiary/aromatic N) is 1. The van der Waals surface area contributed by atoms with Gasteiger partial charge in [0.15, 0.2) is 0 Å². The van der Waals surface area contributed by atoms with Crippen molar-refractivity contribution in [2.75, 3.05) is 31.6 Å². The van der Waals surface area contributed by atoms with E-state index in [2.05, 4.69) is 24.1 Å². The van der Waals surface area contributed by atoms with Crippen LogP contribution in [0, 0.1) is 0 Å². The van der Waals surface area contributed by atoms with Crippen molar-refractivity contribution in [2.24, 2.45) is 0 Å². The molecule has 0 aromatic heterocycles. The molecule has 6 heteroatoms. The molecule has 0 aliphatic heterocycles. The summed E-state index contributed by atoms with van der Waals surface area (Å²) in [4.78, 5) is 26.2. The number of ether oxygens (including phenoxy) is 1. The number of amides is 1. The number of anilines is 1. The van der Waals surface area contributed by atoms with Crippen LogP contribution in [0.4, 0.5) is 5.69 Å². The highest BCUT2D eigenvalue weighted by atomic mass is 35.5. The zero-order valence-electron chi connectivity index (χ0n) is 14.1. The molecule has 23 heavy (non-hydrogen) atoms. The van der Waals surface area contributed by atoms with Gasteiger partial charge in [0.1, 0.15) is 0 Å². The second kappa shape index (κ2) is 11.9. The van der Waals surface area contributed by atoms with Crippen molar-refractivity contribution in [3.05, 3.63) is 29.8 Å². The molecule has 1 rings (SSSR count). The summed E-state index contributed by atoms with van der Waals surface area (Å²) < 4.78 is 5.01. The molecule has 1 N–H and O–H groups in total. The van der Waals surface area contributed by atoms with Crippen LogP contribution in [0.2, 0.25) is 0 Å². The number of carbonyl (C=O) groups is 2. The average Bonchev–Trinajstić information content (AvgIpc) is 2.48. The Morgan fingerprint density at radius 2 is 1.70 bits per heavy atom. The Kier molecular flexibility index (Phi) is 11.1. The van der Waals surface area contributed by atoms with E-state index in [0.29, 0.717) is 24.4 Å². The Labute approximate surface area is 144 Å². The third kappa shape index (κ3) is 7.48. The number of carbonyl (C=O) groups excluding carboxylic acids is 2. The Balaban J connectivity index is 0.00000484. The maximum absolute atomic E-state index is 12.2. The van der Waals surface area contributed by atoms with Gasteiger partial charge >= 0.3 is 5.97 Å². The number of esters is 1. The predicted octanol–water partition coefficient (Wildman–Crippen LogP) is 3.35. The van der Waals surface area contributed by atoms with Crippen molar-refractivity contribution in [3.8, 4) is 0 Å². The topological polar surface area (TPSA) is 58.6 Å². The summed E-state index contributed by atoms with van der Waals surface area (Å²) >= 11 is 0. The van der Waals surface area contributed by atoms with Gasteiger partial charge in [-0.2, -0.15) is 0 Å². The molecule has 0 spiro atoms. The van der Waals surface area contributed by atoms with Crippen LogP contribution in [0.5, 0.6) is 0 Å². The first-order valence-electron chi connectivity index (χ1n) is 7.90. The van der Waals surface area contributed by atoms with Gasteiger partial charge in [0.2, 0.25) is 5.91 Å². The molecule has 0 aliphatic rings. The largest absolute Gasteiger partial charge is 0.462 e. The molecular weight excluding hydrogens is 316 g/mol. The van der Waals surface area contributed by atoms with Crippen molar-refractivity contribution in [1.82, 2.24) is 4.90 Å². The van der Waals surface area contributed by atoms with Crippen molar-refractivity contribution < 1.29 is 14.3 Å². The van der Waals surface area contributed by atoms with Gasteiger partial charge in [-0.3, -0.25) is 9.69 Å². The molecule has 0 atom stereocenters. The van der Waals surface area contributed by atoms with Crippen LogP contribution in [0.1, 0.15) is 44.0 Å².